The van der Waals surface area contributed by atoms with E-state index >= 15 is 0 Å². The zero-order valence-corrected chi connectivity index (χ0v) is 12.1. The van der Waals surface area contributed by atoms with E-state index in [1.54, 1.807) is 0 Å². The molecule has 1 aromatic carbocycles. The van der Waals surface area contributed by atoms with Gasteiger partial charge in [0.2, 0.25) is 0 Å². The summed E-state index contributed by atoms with van der Waals surface area (Å²) in [4.78, 5) is 2.53. The highest BCUT2D eigenvalue weighted by Crippen LogP contribution is 2.36. The molecule has 2 saturated carbocycles. The summed E-state index contributed by atoms with van der Waals surface area (Å²) in [6.07, 6.45) is 5.10. The van der Waals surface area contributed by atoms with Crippen LogP contribution in [-0.2, 0) is 0 Å². The van der Waals surface area contributed by atoms with Crippen LogP contribution in [0.15, 0.2) is 18.2 Å². The van der Waals surface area contributed by atoms with Gasteiger partial charge in [0.05, 0.1) is 6.10 Å². The highest BCUT2D eigenvalue weighted by atomic mass is 16.3. The number of hydrogen-bond donors (Lipinski definition) is 1. The van der Waals surface area contributed by atoms with Crippen molar-refractivity contribution in [3.8, 4) is 0 Å². The molecule has 0 saturated heterocycles. The molecule has 0 amide bonds. The first-order valence-electron chi connectivity index (χ1n) is 7.63. The van der Waals surface area contributed by atoms with Crippen LogP contribution in [0.25, 0.3) is 0 Å². The van der Waals surface area contributed by atoms with Crippen LogP contribution < -0.4 is 0 Å². The summed E-state index contributed by atoms with van der Waals surface area (Å²) in [5, 5.41) is 10.6. The van der Waals surface area contributed by atoms with Gasteiger partial charge in [0, 0.05) is 19.1 Å². The van der Waals surface area contributed by atoms with E-state index in [1.165, 1.54) is 43.4 Å². The largest absolute Gasteiger partial charge is 0.387 e. The Kier molecular flexibility index (Phi) is 3.64. The molecule has 2 heteroatoms. The van der Waals surface area contributed by atoms with E-state index in [2.05, 4.69) is 36.9 Å². The summed E-state index contributed by atoms with van der Waals surface area (Å²) in [6, 6.07) is 7.13. The van der Waals surface area contributed by atoms with Gasteiger partial charge in [-0.3, -0.25) is 4.90 Å². The molecule has 1 aromatic rings. The normalized spacial score (nSPS) is 20.8. The second kappa shape index (κ2) is 5.26. The summed E-state index contributed by atoms with van der Waals surface area (Å²) in [5.74, 6) is 0.909. The Morgan fingerprint density at radius 3 is 2.58 bits per heavy atom. The molecule has 1 atom stereocenters. The molecule has 0 bridgehead atoms. The Bertz CT molecular complexity index is 449. The van der Waals surface area contributed by atoms with E-state index in [0.717, 1.165) is 24.1 Å². The Hall–Kier alpha value is -0.860. The van der Waals surface area contributed by atoms with Crippen molar-refractivity contribution in [3.63, 3.8) is 0 Å². The predicted molar refractivity (Wildman–Crippen MR) is 78.2 cm³/mol. The third-order valence-corrected chi connectivity index (χ3v) is 4.45. The van der Waals surface area contributed by atoms with Crippen LogP contribution in [0.1, 0.15) is 48.5 Å². The zero-order chi connectivity index (χ0) is 13.4. The number of aliphatic hydroxyl groups is 1. The van der Waals surface area contributed by atoms with Gasteiger partial charge in [0.1, 0.15) is 0 Å². The highest BCUT2D eigenvalue weighted by Gasteiger charge is 2.34. The van der Waals surface area contributed by atoms with E-state index < -0.39 is 0 Å². The van der Waals surface area contributed by atoms with Crippen molar-refractivity contribution < 1.29 is 5.11 Å². The number of hydrogen-bond acceptors (Lipinski definition) is 2. The maximum absolute atomic E-state index is 10.6. The lowest BCUT2D eigenvalue weighted by Gasteiger charge is -2.26. The van der Waals surface area contributed by atoms with E-state index in [4.69, 9.17) is 0 Å². The molecule has 2 fully saturated rings. The lowest BCUT2D eigenvalue weighted by Crippen LogP contribution is -2.32. The van der Waals surface area contributed by atoms with Gasteiger partial charge in [-0.2, -0.15) is 0 Å². The molecule has 0 aliphatic heterocycles. The number of aliphatic hydroxyl groups excluding tert-OH is 1. The molecule has 0 spiro atoms. The summed E-state index contributed by atoms with van der Waals surface area (Å²) < 4.78 is 0. The summed E-state index contributed by atoms with van der Waals surface area (Å²) in [6.45, 7) is 6.21. The van der Waals surface area contributed by atoms with E-state index in [1.807, 2.05) is 0 Å². The van der Waals surface area contributed by atoms with Gasteiger partial charge in [0.15, 0.2) is 0 Å². The van der Waals surface area contributed by atoms with Crippen molar-refractivity contribution in [2.75, 3.05) is 13.1 Å². The van der Waals surface area contributed by atoms with Gasteiger partial charge in [-0.25, -0.2) is 0 Å². The quantitative estimate of drug-likeness (QED) is 0.848. The van der Waals surface area contributed by atoms with Crippen molar-refractivity contribution in [2.45, 2.75) is 51.7 Å². The summed E-state index contributed by atoms with van der Waals surface area (Å²) in [7, 11) is 0. The van der Waals surface area contributed by atoms with Crippen molar-refractivity contribution in [3.05, 3.63) is 34.9 Å². The predicted octanol–water partition coefficient (Wildman–Crippen LogP) is 3.21. The van der Waals surface area contributed by atoms with Gasteiger partial charge >= 0.3 is 0 Å². The molecular formula is C17H25NO. The van der Waals surface area contributed by atoms with Gasteiger partial charge in [-0.05, 0) is 56.6 Å². The molecule has 1 unspecified atom stereocenters. The lowest BCUT2D eigenvalue weighted by molar-refractivity contribution is 0.105. The minimum absolute atomic E-state index is 0.334. The molecule has 0 aromatic heterocycles. The van der Waals surface area contributed by atoms with Crippen LogP contribution in [-0.4, -0.2) is 29.1 Å². The van der Waals surface area contributed by atoms with E-state index in [9.17, 15) is 5.11 Å². The van der Waals surface area contributed by atoms with Crippen molar-refractivity contribution >= 4 is 0 Å². The number of aryl methyl sites for hydroxylation is 2. The Labute approximate surface area is 116 Å². The van der Waals surface area contributed by atoms with Gasteiger partial charge in [-0.15, -0.1) is 0 Å². The van der Waals surface area contributed by atoms with Gasteiger partial charge in [-0.1, -0.05) is 23.8 Å². The number of benzene rings is 1. The molecule has 2 aliphatic rings. The monoisotopic (exact) mass is 259 g/mol. The van der Waals surface area contributed by atoms with E-state index in [-0.39, 0.29) is 6.10 Å². The van der Waals surface area contributed by atoms with Crippen LogP contribution >= 0.6 is 0 Å². The summed E-state index contributed by atoms with van der Waals surface area (Å²) in [5.41, 5.74) is 3.56. The maximum atomic E-state index is 10.6. The fourth-order valence-electron chi connectivity index (χ4n) is 2.88. The molecule has 2 aliphatic carbocycles. The van der Waals surface area contributed by atoms with Crippen LogP contribution in [0.3, 0.4) is 0 Å². The SMILES string of the molecule is Cc1ccc(C)c(C(O)CN(CC2CC2)C2CC2)c1. The fourth-order valence-corrected chi connectivity index (χ4v) is 2.88. The molecule has 2 nitrogen and oxygen atoms in total. The molecule has 3 rings (SSSR count). The number of nitrogens with zero attached hydrogens (tertiary/aromatic N) is 1. The first-order valence-corrected chi connectivity index (χ1v) is 7.63. The second-order valence-corrected chi connectivity index (χ2v) is 6.50. The van der Waals surface area contributed by atoms with Crippen LogP contribution in [0.5, 0.6) is 0 Å². The van der Waals surface area contributed by atoms with Crippen molar-refractivity contribution in [1.29, 1.82) is 0 Å². The molecule has 104 valence electrons. The lowest BCUT2D eigenvalue weighted by atomic mass is 10.0. The van der Waals surface area contributed by atoms with E-state index in [0.29, 0.717) is 0 Å². The first kappa shape index (κ1) is 13.1. The van der Waals surface area contributed by atoms with Gasteiger partial charge < -0.3 is 5.11 Å². The molecule has 19 heavy (non-hydrogen) atoms. The van der Waals surface area contributed by atoms with Crippen molar-refractivity contribution in [1.82, 2.24) is 4.90 Å². The fraction of sp³-hybridized carbons (Fsp3) is 0.647. The highest BCUT2D eigenvalue weighted by molar-refractivity contribution is 5.32. The first-order chi connectivity index (χ1) is 9.13. The molecule has 0 radical (unpaired) electrons. The Morgan fingerprint density at radius 1 is 1.21 bits per heavy atom. The average molecular weight is 259 g/mol. The van der Waals surface area contributed by atoms with Crippen LogP contribution in [0.2, 0.25) is 0 Å². The number of rotatable bonds is 6. The third-order valence-electron chi connectivity index (χ3n) is 4.45. The van der Waals surface area contributed by atoms with Crippen LogP contribution in [0.4, 0.5) is 0 Å². The smallest absolute Gasteiger partial charge is 0.0919 e. The maximum Gasteiger partial charge on any atom is 0.0919 e. The average Bonchev–Trinajstić information content (AvgIpc) is 3.24. The molecule has 1 N–H and O–H groups in total. The summed E-state index contributed by atoms with van der Waals surface area (Å²) >= 11 is 0. The van der Waals surface area contributed by atoms with Gasteiger partial charge in [0.25, 0.3) is 0 Å². The Balaban J connectivity index is 1.67. The standard InChI is InChI=1S/C17H25NO/c1-12-3-4-13(2)16(9-12)17(19)11-18(15-7-8-15)10-14-5-6-14/h3-4,9,14-15,17,19H,5-8,10-11H2,1-2H3. The molecule has 0 heterocycles. The molecular weight excluding hydrogens is 234 g/mol. The minimum Gasteiger partial charge on any atom is -0.387 e. The van der Waals surface area contributed by atoms with Crippen LogP contribution in [0, 0.1) is 19.8 Å². The zero-order valence-electron chi connectivity index (χ0n) is 12.1. The van der Waals surface area contributed by atoms with Crippen molar-refractivity contribution in [2.24, 2.45) is 5.92 Å². The Morgan fingerprint density at radius 2 is 1.95 bits per heavy atom. The topological polar surface area (TPSA) is 23.5 Å². The second-order valence-electron chi connectivity index (χ2n) is 6.50. The third kappa shape index (κ3) is 3.37. The minimum atomic E-state index is -0.334.